The number of carbonyl (C=O) groups is 1. The third-order valence-corrected chi connectivity index (χ3v) is 3.18. The molecule has 1 heterocycles. The second kappa shape index (κ2) is 5.77. The second-order valence-electron chi connectivity index (χ2n) is 4.47. The summed E-state index contributed by atoms with van der Waals surface area (Å²) in [5.41, 5.74) is 1.51. The average Bonchev–Trinajstić information content (AvgIpc) is 2.47. The summed E-state index contributed by atoms with van der Waals surface area (Å²) in [5.74, 6) is -0.0632. The molecule has 0 unspecified atom stereocenters. The van der Waals surface area contributed by atoms with Gasteiger partial charge < -0.3 is 14.5 Å². The monoisotopic (exact) mass is 275 g/mol. The highest BCUT2D eigenvalue weighted by molar-refractivity contribution is 5.94. The van der Waals surface area contributed by atoms with Gasteiger partial charge in [0.2, 0.25) is 0 Å². The van der Waals surface area contributed by atoms with E-state index in [-0.39, 0.29) is 11.1 Å². The average molecular weight is 275 g/mol. The molecular weight excluding hydrogens is 258 g/mol. The lowest BCUT2D eigenvalue weighted by atomic mass is 10.0. The zero-order valence-corrected chi connectivity index (χ0v) is 11.8. The van der Waals surface area contributed by atoms with Crippen molar-refractivity contribution in [3.63, 3.8) is 0 Å². The molecule has 0 saturated carbocycles. The molecule has 0 aliphatic carbocycles. The van der Waals surface area contributed by atoms with E-state index >= 15 is 0 Å². The number of rotatable bonds is 4. The largest absolute Gasteiger partial charge is 0.496 e. The summed E-state index contributed by atoms with van der Waals surface area (Å²) < 4.78 is 9.89. The Kier molecular flexibility index (Phi) is 4.08. The molecule has 0 bridgehead atoms. The standard InChI is InChI=1S/C15H17NO4/c1-4-5-9-6-7-12(19-2)13-11(17)8-10(15(18)20-3)16-14(9)13/h6-8H,4-5H2,1-3H3,(H,16,17). The summed E-state index contributed by atoms with van der Waals surface area (Å²) in [4.78, 5) is 26.8. The maximum absolute atomic E-state index is 12.2. The van der Waals surface area contributed by atoms with Crippen molar-refractivity contribution in [1.82, 2.24) is 4.98 Å². The van der Waals surface area contributed by atoms with E-state index in [4.69, 9.17) is 4.74 Å². The number of esters is 1. The zero-order chi connectivity index (χ0) is 14.7. The van der Waals surface area contributed by atoms with E-state index in [2.05, 4.69) is 16.6 Å². The smallest absolute Gasteiger partial charge is 0.354 e. The van der Waals surface area contributed by atoms with Crippen LogP contribution in [0.25, 0.3) is 10.9 Å². The van der Waals surface area contributed by atoms with Crippen molar-refractivity contribution in [3.05, 3.63) is 39.7 Å². The number of aryl methyl sites for hydroxylation is 1. The van der Waals surface area contributed by atoms with Gasteiger partial charge in [-0.3, -0.25) is 4.79 Å². The molecule has 0 aliphatic heterocycles. The SMILES string of the molecule is CCCc1ccc(OC)c2c(=O)cc(C(=O)OC)[nH]c12. The first-order chi connectivity index (χ1) is 9.62. The number of hydrogen-bond donors (Lipinski definition) is 1. The van der Waals surface area contributed by atoms with Gasteiger partial charge in [-0.1, -0.05) is 19.4 Å². The lowest BCUT2D eigenvalue weighted by Gasteiger charge is -2.11. The number of carbonyl (C=O) groups excluding carboxylic acids is 1. The summed E-state index contributed by atoms with van der Waals surface area (Å²) in [6.07, 6.45) is 1.74. The second-order valence-corrected chi connectivity index (χ2v) is 4.47. The third-order valence-electron chi connectivity index (χ3n) is 3.18. The Bertz CT molecular complexity index is 703. The molecule has 0 atom stereocenters. The molecule has 0 aliphatic rings. The van der Waals surface area contributed by atoms with E-state index < -0.39 is 5.97 Å². The van der Waals surface area contributed by atoms with Crippen LogP contribution < -0.4 is 10.2 Å². The number of aromatic amines is 1. The van der Waals surface area contributed by atoms with Crippen LogP contribution in [-0.2, 0) is 11.2 Å². The predicted molar refractivity (Wildman–Crippen MR) is 76.5 cm³/mol. The first kappa shape index (κ1) is 14.1. The molecule has 0 radical (unpaired) electrons. The van der Waals surface area contributed by atoms with Gasteiger partial charge in [-0.05, 0) is 18.1 Å². The number of benzene rings is 1. The molecule has 1 aromatic carbocycles. The fourth-order valence-electron chi connectivity index (χ4n) is 2.26. The van der Waals surface area contributed by atoms with Crippen LogP contribution in [0.2, 0.25) is 0 Å². The highest BCUT2D eigenvalue weighted by Gasteiger charge is 2.15. The normalized spacial score (nSPS) is 10.6. The van der Waals surface area contributed by atoms with Crippen LogP contribution in [0.3, 0.4) is 0 Å². The van der Waals surface area contributed by atoms with Gasteiger partial charge >= 0.3 is 5.97 Å². The van der Waals surface area contributed by atoms with Gasteiger partial charge in [0.05, 0.1) is 25.1 Å². The van der Waals surface area contributed by atoms with Gasteiger partial charge in [0, 0.05) is 6.07 Å². The molecule has 20 heavy (non-hydrogen) atoms. The van der Waals surface area contributed by atoms with Crippen molar-refractivity contribution < 1.29 is 14.3 Å². The van der Waals surface area contributed by atoms with Crippen molar-refractivity contribution in [3.8, 4) is 5.75 Å². The van der Waals surface area contributed by atoms with Crippen LogP contribution in [-0.4, -0.2) is 25.2 Å². The summed E-state index contributed by atoms with van der Waals surface area (Å²) in [7, 11) is 2.80. The van der Waals surface area contributed by atoms with Gasteiger partial charge in [-0.25, -0.2) is 4.79 Å². The molecule has 5 heteroatoms. The zero-order valence-electron chi connectivity index (χ0n) is 11.8. The number of methoxy groups -OCH3 is 2. The number of hydrogen-bond acceptors (Lipinski definition) is 4. The first-order valence-electron chi connectivity index (χ1n) is 6.43. The van der Waals surface area contributed by atoms with E-state index in [1.165, 1.54) is 20.3 Å². The van der Waals surface area contributed by atoms with E-state index in [1.807, 2.05) is 6.07 Å². The van der Waals surface area contributed by atoms with Crippen molar-refractivity contribution in [1.29, 1.82) is 0 Å². The van der Waals surface area contributed by atoms with Crippen LogP contribution in [0.1, 0.15) is 29.4 Å². The van der Waals surface area contributed by atoms with E-state index in [0.29, 0.717) is 16.7 Å². The highest BCUT2D eigenvalue weighted by Crippen LogP contribution is 2.25. The molecule has 1 N–H and O–H groups in total. The number of fused-ring (bicyclic) bond motifs is 1. The summed E-state index contributed by atoms with van der Waals surface area (Å²) in [6, 6.07) is 4.93. The molecule has 2 aromatic rings. The first-order valence-corrected chi connectivity index (χ1v) is 6.43. The van der Waals surface area contributed by atoms with Crippen molar-refractivity contribution in [2.24, 2.45) is 0 Å². The Morgan fingerprint density at radius 1 is 1.30 bits per heavy atom. The Morgan fingerprint density at radius 2 is 2.05 bits per heavy atom. The van der Waals surface area contributed by atoms with Gasteiger partial charge in [0.1, 0.15) is 11.4 Å². The molecule has 0 fully saturated rings. The van der Waals surface area contributed by atoms with E-state index in [1.54, 1.807) is 6.07 Å². The Morgan fingerprint density at radius 3 is 2.65 bits per heavy atom. The van der Waals surface area contributed by atoms with E-state index in [0.717, 1.165) is 18.4 Å². The minimum atomic E-state index is -0.561. The van der Waals surface area contributed by atoms with Crippen LogP contribution in [0, 0.1) is 0 Å². The number of ether oxygens (including phenoxy) is 2. The Balaban J connectivity index is 2.81. The number of nitrogens with one attached hydrogen (secondary N) is 1. The minimum absolute atomic E-state index is 0.149. The molecule has 106 valence electrons. The fourth-order valence-corrected chi connectivity index (χ4v) is 2.26. The summed E-state index contributed by atoms with van der Waals surface area (Å²) >= 11 is 0. The maximum atomic E-state index is 12.2. The Labute approximate surface area is 116 Å². The minimum Gasteiger partial charge on any atom is -0.496 e. The van der Waals surface area contributed by atoms with Gasteiger partial charge in [-0.15, -0.1) is 0 Å². The lowest BCUT2D eigenvalue weighted by molar-refractivity contribution is 0.0594. The molecule has 0 saturated heterocycles. The van der Waals surface area contributed by atoms with Gasteiger partial charge in [0.25, 0.3) is 0 Å². The third kappa shape index (κ3) is 2.39. The lowest BCUT2D eigenvalue weighted by Crippen LogP contribution is -2.13. The quantitative estimate of drug-likeness (QED) is 0.869. The van der Waals surface area contributed by atoms with Crippen molar-refractivity contribution in [2.45, 2.75) is 19.8 Å². The van der Waals surface area contributed by atoms with Crippen LogP contribution in [0.5, 0.6) is 5.75 Å². The molecular formula is C15H17NO4. The number of pyridine rings is 1. The van der Waals surface area contributed by atoms with Crippen molar-refractivity contribution in [2.75, 3.05) is 14.2 Å². The topological polar surface area (TPSA) is 68.4 Å². The molecule has 1 aromatic heterocycles. The predicted octanol–water partition coefficient (Wildman–Crippen LogP) is 2.28. The van der Waals surface area contributed by atoms with Gasteiger partial charge in [0.15, 0.2) is 5.43 Å². The van der Waals surface area contributed by atoms with Crippen LogP contribution in [0.15, 0.2) is 23.0 Å². The number of aromatic nitrogens is 1. The molecule has 5 nitrogen and oxygen atoms in total. The van der Waals surface area contributed by atoms with Crippen LogP contribution in [0.4, 0.5) is 0 Å². The molecule has 0 amide bonds. The molecule has 0 spiro atoms. The van der Waals surface area contributed by atoms with Crippen molar-refractivity contribution >= 4 is 16.9 Å². The Hall–Kier alpha value is -2.30. The number of H-pyrrole nitrogens is 1. The maximum Gasteiger partial charge on any atom is 0.354 e. The summed E-state index contributed by atoms with van der Waals surface area (Å²) in [5, 5.41) is 0.464. The van der Waals surface area contributed by atoms with Crippen LogP contribution >= 0.6 is 0 Å². The highest BCUT2D eigenvalue weighted by atomic mass is 16.5. The van der Waals surface area contributed by atoms with E-state index in [9.17, 15) is 9.59 Å². The summed E-state index contributed by atoms with van der Waals surface area (Å²) in [6.45, 7) is 2.05. The van der Waals surface area contributed by atoms with Gasteiger partial charge in [-0.2, -0.15) is 0 Å². The fraction of sp³-hybridized carbons (Fsp3) is 0.333. The molecule has 2 rings (SSSR count).